The van der Waals surface area contributed by atoms with Crippen molar-refractivity contribution in [3.05, 3.63) is 28.8 Å². The molecule has 19 heavy (non-hydrogen) atoms. The molecule has 0 radical (unpaired) electrons. The van der Waals surface area contributed by atoms with Crippen LogP contribution in [0.5, 0.6) is 5.75 Å². The summed E-state index contributed by atoms with van der Waals surface area (Å²) in [6.07, 6.45) is 0.251. The lowest BCUT2D eigenvalue weighted by Crippen LogP contribution is -2.44. The minimum Gasteiger partial charge on any atom is -0.495 e. The van der Waals surface area contributed by atoms with Gasteiger partial charge in [0, 0.05) is 32.7 Å². The van der Waals surface area contributed by atoms with Crippen LogP contribution >= 0.6 is 11.6 Å². The number of aliphatic hydroxyl groups is 1. The van der Waals surface area contributed by atoms with E-state index in [9.17, 15) is 5.11 Å². The third kappa shape index (κ3) is 4.08. The molecule has 0 saturated carbocycles. The second-order valence-electron chi connectivity index (χ2n) is 4.79. The van der Waals surface area contributed by atoms with E-state index in [0.717, 1.165) is 44.7 Å². The van der Waals surface area contributed by atoms with Gasteiger partial charge in [0.15, 0.2) is 0 Å². The summed E-state index contributed by atoms with van der Waals surface area (Å²) < 4.78 is 5.11. The maximum absolute atomic E-state index is 10.2. The zero-order chi connectivity index (χ0) is 13.7. The summed E-state index contributed by atoms with van der Waals surface area (Å²) in [5, 5.41) is 14.1. The maximum atomic E-state index is 10.2. The van der Waals surface area contributed by atoms with E-state index >= 15 is 0 Å². The maximum Gasteiger partial charge on any atom is 0.137 e. The lowest BCUT2D eigenvalue weighted by atomic mass is 10.1. The summed E-state index contributed by atoms with van der Waals surface area (Å²) in [5.74, 6) is 0.639. The number of hydrogen-bond donors (Lipinski definition) is 2. The Hall–Kier alpha value is -0.810. The number of nitrogens with one attached hydrogen (secondary N) is 1. The Bertz CT molecular complexity index is 408. The average molecular weight is 285 g/mol. The van der Waals surface area contributed by atoms with E-state index in [1.165, 1.54) is 0 Å². The van der Waals surface area contributed by atoms with Gasteiger partial charge in [-0.25, -0.2) is 0 Å². The molecular weight excluding hydrogens is 264 g/mol. The molecule has 1 heterocycles. The van der Waals surface area contributed by atoms with E-state index < -0.39 is 6.10 Å². The van der Waals surface area contributed by atoms with E-state index in [1.807, 2.05) is 6.07 Å². The molecule has 0 spiro atoms. The summed E-state index contributed by atoms with van der Waals surface area (Å²) in [6, 6.07) is 5.45. The van der Waals surface area contributed by atoms with Gasteiger partial charge in [-0.2, -0.15) is 0 Å². The normalized spacial score (nSPS) is 18.3. The topological polar surface area (TPSA) is 44.7 Å². The number of piperazine rings is 1. The standard InChI is InChI=1S/C14H21ClN2O2/c1-19-14-3-2-11(10-12(14)15)13(18)4-7-17-8-5-16-6-9-17/h2-3,10,13,16,18H,4-9H2,1H3. The first kappa shape index (κ1) is 14.6. The zero-order valence-electron chi connectivity index (χ0n) is 11.2. The Labute approximate surface area is 119 Å². The van der Waals surface area contributed by atoms with E-state index in [2.05, 4.69) is 10.2 Å². The third-order valence-corrected chi connectivity index (χ3v) is 3.78. The number of benzene rings is 1. The molecule has 1 fully saturated rings. The summed E-state index contributed by atoms with van der Waals surface area (Å²) in [6.45, 7) is 5.08. The van der Waals surface area contributed by atoms with Crippen LogP contribution in [0.25, 0.3) is 0 Å². The van der Waals surface area contributed by atoms with Crippen LogP contribution in [0.15, 0.2) is 18.2 Å². The van der Waals surface area contributed by atoms with Crippen molar-refractivity contribution in [3.8, 4) is 5.75 Å². The molecule has 2 N–H and O–H groups in total. The number of rotatable bonds is 5. The number of nitrogens with zero attached hydrogens (tertiary/aromatic N) is 1. The van der Waals surface area contributed by atoms with Gasteiger partial charge in [-0.3, -0.25) is 0 Å². The molecule has 1 unspecified atom stereocenters. The van der Waals surface area contributed by atoms with Crippen molar-refractivity contribution in [2.24, 2.45) is 0 Å². The van der Waals surface area contributed by atoms with Crippen LogP contribution in [0.1, 0.15) is 18.1 Å². The van der Waals surface area contributed by atoms with Crippen LogP contribution in [0, 0.1) is 0 Å². The van der Waals surface area contributed by atoms with E-state index in [4.69, 9.17) is 16.3 Å². The molecule has 4 nitrogen and oxygen atoms in total. The predicted octanol–water partition coefficient (Wildman–Crippen LogP) is 1.68. The van der Waals surface area contributed by atoms with E-state index in [1.54, 1.807) is 19.2 Å². The molecule has 0 amide bonds. The first-order valence-electron chi connectivity index (χ1n) is 6.65. The molecule has 0 aliphatic carbocycles. The van der Waals surface area contributed by atoms with Gasteiger partial charge in [0.1, 0.15) is 5.75 Å². The fourth-order valence-corrected chi connectivity index (χ4v) is 2.56. The van der Waals surface area contributed by atoms with Gasteiger partial charge in [-0.05, 0) is 24.1 Å². The molecule has 1 saturated heterocycles. The average Bonchev–Trinajstić information content (AvgIpc) is 2.45. The highest BCUT2D eigenvalue weighted by Crippen LogP contribution is 2.28. The van der Waals surface area contributed by atoms with Gasteiger partial charge < -0.3 is 20.1 Å². The van der Waals surface area contributed by atoms with E-state index in [0.29, 0.717) is 10.8 Å². The molecule has 0 bridgehead atoms. The number of aliphatic hydroxyl groups excluding tert-OH is 1. The fraction of sp³-hybridized carbons (Fsp3) is 0.571. The van der Waals surface area contributed by atoms with Gasteiger partial charge in [0.05, 0.1) is 18.2 Å². The molecule has 106 valence electrons. The monoisotopic (exact) mass is 284 g/mol. The molecule has 2 rings (SSSR count). The van der Waals surface area contributed by atoms with Crippen LogP contribution in [0.2, 0.25) is 5.02 Å². The molecule has 5 heteroatoms. The minimum absolute atomic E-state index is 0.474. The smallest absolute Gasteiger partial charge is 0.137 e. The van der Waals surface area contributed by atoms with Gasteiger partial charge in [0.25, 0.3) is 0 Å². The SMILES string of the molecule is COc1ccc(C(O)CCN2CCNCC2)cc1Cl. The van der Waals surface area contributed by atoms with Crippen molar-refractivity contribution in [2.75, 3.05) is 39.8 Å². The van der Waals surface area contributed by atoms with Gasteiger partial charge in [-0.1, -0.05) is 17.7 Å². The first-order valence-corrected chi connectivity index (χ1v) is 7.03. The van der Waals surface area contributed by atoms with Crippen LogP contribution in [0.3, 0.4) is 0 Å². The summed E-state index contributed by atoms with van der Waals surface area (Å²) in [4.78, 5) is 2.37. The van der Waals surface area contributed by atoms with Gasteiger partial charge in [0.2, 0.25) is 0 Å². The lowest BCUT2D eigenvalue weighted by Gasteiger charge is -2.28. The van der Waals surface area contributed by atoms with Crippen LogP contribution in [-0.2, 0) is 0 Å². The first-order chi connectivity index (χ1) is 9.20. The lowest BCUT2D eigenvalue weighted by molar-refractivity contribution is 0.136. The molecule has 1 atom stereocenters. The Morgan fingerprint density at radius 2 is 2.16 bits per heavy atom. The second-order valence-corrected chi connectivity index (χ2v) is 5.20. The Kier molecular flexibility index (Phi) is 5.45. The number of ether oxygens (including phenoxy) is 1. The Balaban J connectivity index is 1.88. The Morgan fingerprint density at radius 1 is 1.42 bits per heavy atom. The van der Waals surface area contributed by atoms with Crippen LogP contribution < -0.4 is 10.1 Å². The van der Waals surface area contributed by atoms with Crippen LogP contribution in [0.4, 0.5) is 0 Å². The highest BCUT2D eigenvalue weighted by Gasteiger charge is 2.14. The summed E-state index contributed by atoms with van der Waals surface area (Å²) >= 11 is 6.07. The van der Waals surface area contributed by atoms with Gasteiger partial charge in [-0.15, -0.1) is 0 Å². The molecule has 0 aromatic heterocycles. The minimum atomic E-state index is -0.474. The highest BCUT2D eigenvalue weighted by molar-refractivity contribution is 6.32. The predicted molar refractivity (Wildman–Crippen MR) is 76.9 cm³/mol. The number of halogens is 1. The van der Waals surface area contributed by atoms with E-state index in [-0.39, 0.29) is 0 Å². The molecule has 1 aliphatic rings. The summed E-state index contributed by atoms with van der Waals surface area (Å²) in [7, 11) is 1.59. The quantitative estimate of drug-likeness (QED) is 0.863. The van der Waals surface area contributed by atoms with Crippen molar-refractivity contribution in [2.45, 2.75) is 12.5 Å². The van der Waals surface area contributed by atoms with Crippen LogP contribution in [-0.4, -0.2) is 49.8 Å². The van der Waals surface area contributed by atoms with Crippen molar-refractivity contribution in [1.82, 2.24) is 10.2 Å². The Morgan fingerprint density at radius 3 is 2.79 bits per heavy atom. The zero-order valence-corrected chi connectivity index (χ0v) is 12.0. The molecule has 1 aromatic rings. The largest absolute Gasteiger partial charge is 0.495 e. The molecule has 1 aromatic carbocycles. The highest BCUT2D eigenvalue weighted by atomic mass is 35.5. The third-order valence-electron chi connectivity index (χ3n) is 3.49. The molecular formula is C14H21ClN2O2. The van der Waals surface area contributed by atoms with Crippen molar-refractivity contribution >= 4 is 11.6 Å². The number of methoxy groups -OCH3 is 1. The van der Waals surface area contributed by atoms with Crippen molar-refractivity contribution < 1.29 is 9.84 Å². The van der Waals surface area contributed by atoms with Crippen molar-refractivity contribution in [3.63, 3.8) is 0 Å². The fourth-order valence-electron chi connectivity index (χ4n) is 2.30. The summed E-state index contributed by atoms with van der Waals surface area (Å²) in [5.41, 5.74) is 0.848. The number of hydrogen-bond acceptors (Lipinski definition) is 4. The van der Waals surface area contributed by atoms with Crippen molar-refractivity contribution in [1.29, 1.82) is 0 Å². The second kappa shape index (κ2) is 7.10. The van der Waals surface area contributed by atoms with Gasteiger partial charge >= 0.3 is 0 Å². The molecule has 1 aliphatic heterocycles.